The molecule has 17 heavy (non-hydrogen) atoms. The highest BCUT2D eigenvalue weighted by molar-refractivity contribution is 7.80. The van der Waals surface area contributed by atoms with E-state index in [4.69, 9.17) is 12.2 Å². The summed E-state index contributed by atoms with van der Waals surface area (Å²) in [5.74, 6) is 0. The lowest BCUT2D eigenvalue weighted by molar-refractivity contribution is 0.241. The normalized spacial score (nSPS) is 9.35. The third-order valence-corrected chi connectivity index (χ3v) is 2.35. The molecule has 0 aliphatic rings. The molecule has 0 bridgehead atoms. The van der Waals surface area contributed by atoms with Gasteiger partial charge < -0.3 is 10.6 Å². The number of carbonyl (C=O) groups excluding carboxylic acids is 1. The van der Waals surface area contributed by atoms with E-state index in [0.29, 0.717) is 5.11 Å². The average Bonchev–Trinajstić information content (AvgIpc) is 2.29. The van der Waals surface area contributed by atoms with Crippen LogP contribution >= 0.6 is 12.2 Å². The molecule has 0 spiro atoms. The molecule has 2 amide bonds. The monoisotopic (exact) mass is 252 g/mol. The highest BCUT2D eigenvalue weighted by atomic mass is 32.1. The third-order valence-electron chi connectivity index (χ3n) is 2.15. The van der Waals surface area contributed by atoms with Crippen molar-refractivity contribution >= 4 is 29.0 Å². The van der Waals surface area contributed by atoms with Crippen LogP contribution < -0.4 is 21.5 Å². The first kappa shape index (κ1) is 13.2. The molecule has 0 fully saturated rings. The first-order valence-corrected chi connectivity index (χ1v) is 5.55. The molecule has 0 atom stereocenters. The summed E-state index contributed by atoms with van der Waals surface area (Å²) in [5, 5.41) is 5.73. The predicted molar refractivity (Wildman–Crippen MR) is 72.9 cm³/mol. The molecule has 0 radical (unpaired) electrons. The van der Waals surface area contributed by atoms with Gasteiger partial charge in [-0.2, -0.15) is 0 Å². The molecule has 0 aromatic heterocycles. The zero-order valence-corrected chi connectivity index (χ0v) is 10.9. The Hall–Kier alpha value is -1.82. The van der Waals surface area contributed by atoms with Crippen molar-refractivity contribution in [3.8, 4) is 0 Å². The van der Waals surface area contributed by atoms with Crippen LogP contribution in [0.3, 0.4) is 0 Å². The minimum atomic E-state index is -0.352. The van der Waals surface area contributed by atoms with E-state index in [0.717, 1.165) is 11.3 Å². The van der Waals surface area contributed by atoms with Crippen LogP contribution in [0.1, 0.15) is 11.1 Å². The maximum atomic E-state index is 10.9. The number of rotatable bonds is 1. The molecule has 4 N–H and O–H groups in total. The molecule has 92 valence electrons. The number of aryl methyl sites for hydroxylation is 2. The van der Waals surface area contributed by atoms with Crippen molar-refractivity contribution in [2.45, 2.75) is 13.8 Å². The topological polar surface area (TPSA) is 65.2 Å². The second kappa shape index (κ2) is 6.05. The lowest BCUT2D eigenvalue weighted by Crippen LogP contribution is -2.47. The van der Waals surface area contributed by atoms with Crippen LogP contribution in [0, 0.1) is 13.8 Å². The highest BCUT2D eigenvalue weighted by Crippen LogP contribution is 2.15. The number of nitrogens with one attached hydrogen (secondary N) is 4. The summed E-state index contributed by atoms with van der Waals surface area (Å²) in [6.07, 6.45) is 0. The SMILES string of the molecule is CNC(=O)NNC(=S)Nc1ccc(C)cc1C. The zero-order valence-electron chi connectivity index (χ0n) is 10.0. The van der Waals surface area contributed by atoms with Crippen molar-refractivity contribution < 1.29 is 4.79 Å². The van der Waals surface area contributed by atoms with E-state index in [2.05, 4.69) is 27.6 Å². The number of anilines is 1. The number of urea groups is 1. The van der Waals surface area contributed by atoms with E-state index in [9.17, 15) is 4.79 Å². The number of hydrazine groups is 1. The summed E-state index contributed by atoms with van der Waals surface area (Å²) in [5.41, 5.74) is 8.15. The van der Waals surface area contributed by atoms with Crippen LogP contribution in [0.4, 0.5) is 10.5 Å². The van der Waals surface area contributed by atoms with Gasteiger partial charge in [0.25, 0.3) is 0 Å². The Morgan fingerprint density at radius 1 is 1.24 bits per heavy atom. The molecular formula is C11H16N4OS. The third kappa shape index (κ3) is 4.28. The highest BCUT2D eigenvalue weighted by Gasteiger charge is 2.02. The Morgan fingerprint density at radius 2 is 1.94 bits per heavy atom. The lowest BCUT2D eigenvalue weighted by Gasteiger charge is -2.13. The Labute approximate surface area is 106 Å². The van der Waals surface area contributed by atoms with Crippen molar-refractivity contribution in [1.82, 2.24) is 16.2 Å². The standard InChI is InChI=1S/C11H16N4OS/c1-7-4-5-9(8(2)6-7)13-11(17)15-14-10(16)12-3/h4-6H,1-3H3,(H2,12,14,16)(H2,13,15,17). The molecule has 0 saturated carbocycles. The lowest BCUT2D eigenvalue weighted by atomic mass is 10.1. The largest absolute Gasteiger partial charge is 0.340 e. The average molecular weight is 252 g/mol. The van der Waals surface area contributed by atoms with Crippen LogP contribution in [0.15, 0.2) is 18.2 Å². The van der Waals surface area contributed by atoms with Crippen molar-refractivity contribution in [3.05, 3.63) is 29.3 Å². The van der Waals surface area contributed by atoms with Gasteiger partial charge in [-0.25, -0.2) is 10.2 Å². The zero-order chi connectivity index (χ0) is 12.8. The van der Waals surface area contributed by atoms with Gasteiger partial charge in [-0.05, 0) is 37.7 Å². The Bertz CT molecular complexity index is 433. The van der Waals surface area contributed by atoms with Crippen LogP contribution in [-0.2, 0) is 0 Å². The van der Waals surface area contributed by atoms with Crippen LogP contribution in [-0.4, -0.2) is 18.2 Å². The molecule has 6 heteroatoms. The van der Waals surface area contributed by atoms with E-state index in [1.807, 2.05) is 26.0 Å². The molecule has 5 nitrogen and oxygen atoms in total. The van der Waals surface area contributed by atoms with E-state index in [-0.39, 0.29) is 6.03 Å². The molecule has 1 aromatic carbocycles. The van der Waals surface area contributed by atoms with Crippen molar-refractivity contribution in [2.24, 2.45) is 0 Å². The van der Waals surface area contributed by atoms with Gasteiger partial charge in [-0.3, -0.25) is 5.43 Å². The fraction of sp³-hybridized carbons (Fsp3) is 0.273. The fourth-order valence-corrected chi connectivity index (χ4v) is 1.44. The number of benzene rings is 1. The molecule has 1 aromatic rings. The Balaban J connectivity index is 2.53. The van der Waals surface area contributed by atoms with Crippen LogP contribution in [0.2, 0.25) is 0 Å². The van der Waals surface area contributed by atoms with Crippen molar-refractivity contribution in [3.63, 3.8) is 0 Å². The molecule has 0 unspecified atom stereocenters. The van der Waals surface area contributed by atoms with Gasteiger partial charge in [0.2, 0.25) is 0 Å². The van der Waals surface area contributed by atoms with Crippen molar-refractivity contribution in [2.75, 3.05) is 12.4 Å². The fourth-order valence-electron chi connectivity index (χ4n) is 1.28. The van der Waals surface area contributed by atoms with Gasteiger partial charge in [-0.1, -0.05) is 17.7 Å². The Morgan fingerprint density at radius 3 is 2.53 bits per heavy atom. The van der Waals surface area contributed by atoms with Gasteiger partial charge in [0.1, 0.15) is 0 Å². The number of hydrogen-bond donors (Lipinski definition) is 4. The smallest absolute Gasteiger partial charge is 0.333 e. The summed E-state index contributed by atoms with van der Waals surface area (Å²) < 4.78 is 0. The minimum Gasteiger partial charge on any atom is -0.340 e. The van der Waals surface area contributed by atoms with Gasteiger partial charge >= 0.3 is 6.03 Å². The first-order valence-electron chi connectivity index (χ1n) is 5.15. The molecule has 0 heterocycles. The maximum Gasteiger partial charge on any atom is 0.333 e. The number of carbonyl (C=O) groups is 1. The number of hydrogen-bond acceptors (Lipinski definition) is 2. The molecular weight excluding hydrogens is 236 g/mol. The van der Waals surface area contributed by atoms with Gasteiger partial charge in [-0.15, -0.1) is 0 Å². The predicted octanol–water partition coefficient (Wildman–Crippen LogP) is 1.43. The summed E-state index contributed by atoms with van der Waals surface area (Å²) >= 11 is 5.03. The minimum absolute atomic E-state index is 0.334. The van der Waals surface area contributed by atoms with Crippen molar-refractivity contribution in [1.29, 1.82) is 0 Å². The van der Waals surface area contributed by atoms with Crippen LogP contribution in [0.25, 0.3) is 0 Å². The van der Waals surface area contributed by atoms with Crippen LogP contribution in [0.5, 0.6) is 0 Å². The summed E-state index contributed by atoms with van der Waals surface area (Å²) in [6, 6.07) is 5.63. The first-order chi connectivity index (χ1) is 8.02. The quantitative estimate of drug-likeness (QED) is 0.451. The van der Waals surface area contributed by atoms with E-state index < -0.39 is 0 Å². The summed E-state index contributed by atoms with van der Waals surface area (Å²) in [4.78, 5) is 10.9. The van der Waals surface area contributed by atoms with E-state index >= 15 is 0 Å². The summed E-state index contributed by atoms with van der Waals surface area (Å²) in [7, 11) is 1.53. The van der Waals surface area contributed by atoms with E-state index in [1.54, 1.807) is 0 Å². The second-order valence-corrected chi connectivity index (χ2v) is 4.01. The summed E-state index contributed by atoms with van der Waals surface area (Å²) in [6.45, 7) is 4.02. The molecule has 0 aliphatic heterocycles. The van der Waals surface area contributed by atoms with E-state index in [1.165, 1.54) is 12.6 Å². The maximum absolute atomic E-state index is 10.9. The molecule has 1 rings (SSSR count). The number of amides is 2. The van der Waals surface area contributed by atoms with Gasteiger partial charge in [0.05, 0.1) is 0 Å². The Kier molecular flexibility index (Phi) is 4.71. The number of thiocarbonyl (C=S) groups is 1. The second-order valence-electron chi connectivity index (χ2n) is 3.60. The van der Waals surface area contributed by atoms with Gasteiger partial charge in [0.15, 0.2) is 5.11 Å². The molecule has 0 aliphatic carbocycles. The van der Waals surface area contributed by atoms with Gasteiger partial charge in [0, 0.05) is 12.7 Å². The molecule has 0 saturated heterocycles.